The summed E-state index contributed by atoms with van der Waals surface area (Å²) in [6, 6.07) is 14.1. The second-order valence-corrected chi connectivity index (χ2v) is 6.47. The van der Waals surface area contributed by atoms with Crippen molar-refractivity contribution in [2.75, 3.05) is 0 Å². The Bertz CT molecular complexity index is 918. The van der Waals surface area contributed by atoms with Gasteiger partial charge in [0.05, 0.1) is 11.6 Å². The van der Waals surface area contributed by atoms with E-state index in [1.165, 1.54) is 6.07 Å². The summed E-state index contributed by atoms with van der Waals surface area (Å²) in [6.45, 7) is 1.99. The average molecular weight is 338 g/mol. The molecule has 0 N–H and O–H groups in total. The SMILES string of the molecule is CC(c1ccccc1F)N(C(=O)Cn1nnc2ccccc21)C1CC1. The molecule has 25 heavy (non-hydrogen) atoms. The zero-order valence-electron chi connectivity index (χ0n) is 14.0. The molecule has 5 nitrogen and oxygen atoms in total. The first-order valence-electron chi connectivity index (χ1n) is 8.49. The van der Waals surface area contributed by atoms with E-state index in [1.807, 2.05) is 31.2 Å². The van der Waals surface area contributed by atoms with Crippen molar-refractivity contribution in [2.24, 2.45) is 0 Å². The van der Waals surface area contributed by atoms with Crippen LogP contribution < -0.4 is 0 Å². The summed E-state index contributed by atoms with van der Waals surface area (Å²) < 4.78 is 15.8. The molecule has 1 unspecified atom stereocenters. The fraction of sp³-hybridized carbons (Fsp3) is 0.316. The van der Waals surface area contributed by atoms with Crippen LogP contribution in [0.5, 0.6) is 0 Å². The van der Waals surface area contributed by atoms with E-state index in [2.05, 4.69) is 10.3 Å². The molecule has 4 rings (SSSR count). The quantitative estimate of drug-likeness (QED) is 0.717. The molecule has 6 heteroatoms. The second kappa shape index (κ2) is 6.27. The van der Waals surface area contributed by atoms with E-state index >= 15 is 0 Å². The third-order valence-electron chi connectivity index (χ3n) is 4.71. The fourth-order valence-corrected chi connectivity index (χ4v) is 3.30. The number of rotatable bonds is 5. The Labute approximate surface area is 145 Å². The van der Waals surface area contributed by atoms with Gasteiger partial charge in [0, 0.05) is 11.6 Å². The van der Waals surface area contributed by atoms with Gasteiger partial charge in [0.25, 0.3) is 0 Å². The average Bonchev–Trinajstić information content (AvgIpc) is 3.36. The molecular weight excluding hydrogens is 319 g/mol. The molecule has 0 aliphatic heterocycles. The van der Waals surface area contributed by atoms with Gasteiger partial charge in [-0.2, -0.15) is 0 Å². The van der Waals surface area contributed by atoms with Crippen LogP contribution in [-0.4, -0.2) is 31.8 Å². The van der Waals surface area contributed by atoms with Crippen LogP contribution in [0.4, 0.5) is 4.39 Å². The summed E-state index contributed by atoms with van der Waals surface area (Å²) in [5.74, 6) is -0.339. The number of hydrogen-bond donors (Lipinski definition) is 0. The van der Waals surface area contributed by atoms with Crippen LogP contribution >= 0.6 is 0 Å². The summed E-state index contributed by atoms with van der Waals surface area (Å²) in [6.07, 6.45) is 1.92. The molecule has 1 aromatic heterocycles. The fourth-order valence-electron chi connectivity index (χ4n) is 3.30. The van der Waals surface area contributed by atoms with Crippen LogP contribution in [0.1, 0.15) is 31.4 Å². The standard InChI is InChI=1S/C19H19FN4O/c1-13(15-6-2-3-7-16(15)20)24(14-10-11-14)19(25)12-23-18-9-5-4-8-17(18)21-22-23/h2-9,13-14H,10-12H2,1H3. The highest BCUT2D eigenvalue weighted by Crippen LogP contribution is 2.35. The van der Waals surface area contributed by atoms with Crippen molar-refractivity contribution in [1.29, 1.82) is 0 Å². The van der Waals surface area contributed by atoms with Crippen LogP contribution in [0, 0.1) is 5.82 Å². The molecule has 1 saturated carbocycles. The van der Waals surface area contributed by atoms with Gasteiger partial charge in [-0.05, 0) is 38.0 Å². The molecule has 1 atom stereocenters. The van der Waals surface area contributed by atoms with Gasteiger partial charge in [-0.1, -0.05) is 35.5 Å². The summed E-state index contributed by atoms with van der Waals surface area (Å²) in [4.78, 5) is 14.8. The number of carbonyl (C=O) groups is 1. The highest BCUT2D eigenvalue weighted by atomic mass is 19.1. The first-order chi connectivity index (χ1) is 12.1. The van der Waals surface area contributed by atoms with Crippen molar-refractivity contribution in [2.45, 2.75) is 38.4 Å². The number of halogens is 1. The summed E-state index contributed by atoms with van der Waals surface area (Å²) in [7, 11) is 0. The summed E-state index contributed by atoms with van der Waals surface area (Å²) >= 11 is 0. The van der Waals surface area contributed by atoms with Gasteiger partial charge in [0.2, 0.25) is 5.91 Å². The van der Waals surface area contributed by atoms with Gasteiger partial charge >= 0.3 is 0 Å². The van der Waals surface area contributed by atoms with Crippen LogP contribution in [0.15, 0.2) is 48.5 Å². The number of benzene rings is 2. The van der Waals surface area contributed by atoms with Crippen molar-refractivity contribution in [1.82, 2.24) is 19.9 Å². The Morgan fingerprint density at radius 1 is 1.24 bits per heavy atom. The first kappa shape index (κ1) is 15.7. The van der Waals surface area contributed by atoms with Crippen LogP contribution in [-0.2, 0) is 11.3 Å². The molecule has 0 bridgehead atoms. The van der Waals surface area contributed by atoms with Crippen LogP contribution in [0.2, 0.25) is 0 Å². The van der Waals surface area contributed by atoms with Gasteiger partial charge in [-0.25, -0.2) is 9.07 Å². The van der Waals surface area contributed by atoms with Gasteiger partial charge < -0.3 is 4.90 Å². The number of fused-ring (bicyclic) bond motifs is 1. The number of amides is 1. The minimum absolute atomic E-state index is 0.0612. The lowest BCUT2D eigenvalue weighted by atomic mass is 10.1. The van der Waals surface area contributed by atoms with Gasteiger partial charge in [-0.15, -0.1) is 5.10 Å². The summed E-state index contributed by atoms with van der Waals surface area (Å²) in [5.41, 5.74) is 2.13. The Morgan fingerprint density at radius 2 is 1.96 bits per heavy atom. The zero-order valence-corrected chi connectivity index (χ0v) is 14.0. The van der Waals surface area contributed by atoms with Gasteiger partial charge in [-0.3, -0.25) is 4.79 Å². The number of carbonyl (C=O) groups excluding carboxylic acids is 1. The van der Waals surface area contributed by atoms with E-state index < -0.39 is 0 Å². The van der Waals surface area contributed by atoms with Crippen molar-refractivity contribution in [3.8, 4) is 0 Å². The number of nitrogens with zero attached hydrogens (tertiary/aromatic N) is 4. The monoisotopic (exact) mass is 338 g/mol. The molecule has 2 aromatic carbocycles. The Hall–Kier alpha value is -2.76. The molecule has 0 saturated heterocycles. The van der Waals surface area contributed by atoms with Crippen molar-refractivity contribution in [3.05, 3.63) is 59.9 Å². The number of hydrogen-bond acceptors (Lipinski definition) is 3. The molecule has 1 aliphatic rings. The van der Waals surface area contributed by atoms with Crippen LogP contribution in [0.25, 0.3) is 11.0 Å². The van der Waals surface area contributed by atoms with Crippen molar-refractivity contribution < 1.29 is 9.18 Å². The zero-order chi connectivity index (χ0) is 17.4. The molecule has 1 aliphatic carbocycles. The molecule has 1 heterocycles. The lowest BCUT2D eigenvalue weighted by Gasteiger charge is -2.30. The maximum Gasteiger partial charge on any atom is 0.245 e. The van der Waals surface area contributed by atoms with E-state index in [0.717, 1.165) is 23.9 Å². The van der Waals surface area contributed by atoms with E-state index in [4.69, 9.17) is 0 Å². The largest absolute Gasteiger partial charge is 0.331 e. The van der Waals surface area contributed by atoms with E-state index in [1.54, 1.807) is 27.8 Å². The maximum absolute atomic E-state index is 14.2. The minimum atomic E-state index is -0.309. The highest BCUT2D eigenvalue weighted by molar-refractivity contribution is 5.80. The highest BCUT2D eigenvalue weighted by Gasteiger charge is 2.37. The smallest absolute Gasteiger partial charge is 0.245 e. The third kappa shape index (κ3) is 2.99. The maximum atomic E-state index is 14.2. The minimum Gasteiger partial charge on any atom is -0.331 e. The Kier molecular flexibility index (Phi) is 3.95. The van der Waals surface area contributed by atoms with E-state index in [0.29, 0.717) is 5.56 Å². The molecule has 3 aromatic rings. The van der Waals surface area contributed by atoms with Crippen LogP contribution in [0.3, 0.4) is 0 Å². The lowest BCUT2D eigenvalue weighted by Crippen LogP contribution is -2.38. The third-order valence-corrected chi connectivity index (χ3v) is 4.71. The molecule has 0 spiro atoms. The normalized spacial score (nSPS) is 15.3. The number of para-hydroxylation sites is 1. The second-order valence-electron chi connectivity index (χ2n) is 6.47. The Morgan fingerprint density at radius 3 is 2.72 bits per heavy atom. The molecular formula is C19H19FN4O. The first-order valence-corrected chi connectivity index (χ1v) is 8.49. The van der Waals surface area contributed by atoms with Gasteiger partial charge in [0.1, 0.15) is 17.9 Å². The van der Waals surface area contributed by atoms with Crippen molar-refractivity contribution in [3.63, 3.8) is 0 Å². The van der Waals surface area contributed by atoms with Crippen molar-refractivity contribution >= 4 is 16.9 Å². The van der Waals surface area contributed by atoms with Gasteiger partial charge in [0.15, 0.2) is 0 Å². The topological polar surface area (TPSA) is 51.0 Å². The predicted molar refractivity (Wildman–Crippen MR) is 92.2 cm³/mol. The number of aromatic nitrogens is 3. The Balaban J connectivity index is 1.61. The summed E-state index contributed by atoms with van der Waals surface area (Å²) in [5, 5.41) is 8.18. The predicted octanol–water partition coefficient (Wildman–Crippen LogP) is 3.32. The van der Waals surface area contributed by atoms with E-state index in [-0.39, 0.29) is 30.4 Å². The molecule has 128 valence electrons. The molecule has 1 fully saturated rings. The van der Waals surface area contributed by atoms with E-state index in [9.17, 15) is 9.18 Å². The lowest BCUT2D eigenvalue weighted by molar-refractivity contribution is -0.134. The molecule has 0 radical (unpaired) electrons. The molecule has 1 amide bonds.